The van der Waals surface area contributed by atoms with Gasteiger partial charge in [0.05, 0.1) is 0 Å². The third-order valence-electron chi connectivity index (χ3n) is 3.79. The maximum atomic E-state index is 6.33. The van der Waals surface area contributed by atoms with Crippen LogP contribution in [-0.2, 0) is 0 Å². The van der Waals surface area contributed by atoms with Gasteiger partial charge in [-0.05, 0) is 19.8 Å². The van der Waals surface area contributed by atoms with E-state index in [1.54, 1.807) is 0 Å². The zero-order chi connectivity index (χ0) is 13.0. The van der Waals surface area contributed by atoms with E-state index >= 15 is 0 Å². The average molecular weight is 278 g/mol. The Labute approximate surface area is 121 Å². The van der Waals surface area contributed by atoms with E-state index in [0.29, 0.717) is 0 Å². The predicted molar refractivity (Wildman–Crippen MR) is 86.0 cm³/mol. The Hall–Kier alpha value is 0.250. The van der Waals surface area contributed by atoms with Crippen LogP contribution >= 0.6 is 11.6 Å². The second-order valence-electron chi connectivity index (χ2n) is 5.70. The quantitative estimate of drug-likeness (QED) is 0.307. The van der Waals surface area contributed by atoms with Crippen LogP contribution in [0.1, 0.15) is 97.8 Å². The average Bonchev–Trinajstić information content (AvgIpc) is 2.31. The van der Waals surface area contributed by atoms with Crippen molar-refractivity contribution in [2.45, 2.75) is 103 Å². The molecule has 0 spiro atoms. The Morgan fingerprint density at radius 1 is 0.722 bits per heavy atom. The summed E-state index contributed by atoms with van der Waals surface area (Å²) in [5, 5.41) is 0. The molecule has 0 aliphatic rings. The fourth-order valence-corrected chi connectivity index (χ4v) is 2.29. The molecule has 0 saturated carbocycles. The molecule has 112 valence electrons. The lowest BCUT2D eigenvalue weighted by atomic mass is 9.98. The molecule has 0 aromatic heterocycles. The molecule has 0 aromatic rings. The van der Waals surface area contributed by atoms with Crippen LogP contribution < -0.4 is 6.15 Å². The normalized spacial score (nSPS) is 14.0. The maximum Gasteiger partial charge on any atom is 0.0416 e. The molecule has 1 unspecified atom stereocenters. The highest BCUT2D eigenvalue weighted by atomic mass is 35.5. The maximum absolute atomic E-state index is 6.33. The second-order valence-corrected chi connectivity index (χ2v) is 6.61. The van der Waals surface area contributed by atoms with Gasteiger partial charge in [0.2, 0.25) is 0 Å². The molecule has 2 heteroatoms. The van der Waals surface area contributed by atoms with Gasteiger partial charge < -0.3 is 6.15 Å². The summed E-state index contributed by atoms with van der Waals surface area (Å²) in [6.07, 6.45) is 16.3. The first-order chi connectivity index (χ1) is 8.12. The lowest BCUT2D eigenvalue weighted by Crippen LogP contribution is -2.13. The van der Waals surface area contributed by atoms with Crippen LogP contribution in [0, 0.1) is 0 Å². The third-order valence-corrected chi connectivity index (χ3v) is 4.25. The van der Waals surface area contributed by atoms with Gasteiger partial charge in [0.15, 0.2) is 0 Å². The van der Waals surface area contributed by atoms with E-state index in [4.69, 9.17) is 11.6 Å². The first kappa shape index (κ1) is 20.6. The Balaban J connectivity index is 0. The Bertz CT molecular complexity index is 157. The molecule has 0 saturated heterocycles. The monoisotopic (exact) mass is 277 g/mol. The predicted octanol–water partition coefficient (Wildman–Crippen LogP) is 6.87. The minimum Gasteiger partial charge on any atom is -0.344 e. The topological polar surface area (TPSA) is 35.0 Å². The van der Waals surface area contributed by atoms with Crippen molar-refractivity contribution in [3.63, 3.8) is 0 Å². The summed E-state index contributed by atoms with van der Waals surface area (Å²) >= 11 is 6.33. The molecule has 0 heterocycles. The highest BCUT2D eigenvalue weighted by Crippen LogP contribution is 2.26. The third kappa shape index (κ3) is 14.3. The molecule has 0 aliphatic heterocycles. The zero-order valence-electron chi connectivity index (χ0n) is 13.1. The largest absolute Gasteiger partial charge is 0.344 e. The van der Waals surface area contributed by atoms with Crippen LogP contribution in [0.25, 0.3) is 0 Å². The molecule has 1 nitrogen and oxygen atoms in total. The summed E-state index contributed by atoms with van der Waals surface area (Å²) in [6, 6.07) is 0. The van der Waals surface area contributed by atoms with E-state index in [1.165, 1.54) is 70.6 Å². The minimum atomic E-state index is 0. The Morgan fingerprint density at radius 2 is 1.11 bits per heavy atom. The molecule has 18 heavy (non-hydrogen) atoms. The van der Waals surface area contributed by atoms with Crippen LogP contribution in [0.2, 0.25) is 0 Å². The molecular weight excluding hydrogens is 242 g/mol. The highest BCUT2D eigenvalue weighted by molar-refractivity contribution is 6.23. The number of hydrogen-bond acceptors (Lipinski definition) is 1. The molecule has 0 fully saturated rings. The number of alkyl halides is 1. The van der Waals surface area contributed by atoms with Crippen molar-refractivity contribution in [3.05, 3.63) is 0 Å². The molecule has 0 bridgehead atoms. The second kappa shape index (κ2) is 13.7. The summed E-state index contributed by atoms with van der Waals surface area (Å²) in [5.41, 5.74) is 0. The van der Waals surface area contributed by atoms with Gasteiger partial charge in [-0.25, -0.2) is 0 Å². The summed E-state index contributed by atoms with van der Waals surface area (Å²) in [5.74, 6) is 0. The van der Waals surface area contributed by atoms with Crippen molar-refractivity contribution in [2.75, 3.05) is 0 Å². The van der Waals surface area contributed by atoms with Gasteiger partial charge in [-0.3, -0.25) is 0 Å². The van der Waals surface area contributed by atoms with E-state index in [-0.39, 0.29) is 11.0 Å². The highest BCUT2D eigenvalue weighted by Gasteiger charge is 2.16. The van der Waals surface area contributed by atoms with Crippen molar-refractivity contribution in [2.24, 2.45) is 0 Å². The van der Waals surface area contributed by atoms with Crippen molar-refractivity contribution < 1.29 is 0 Å². The van der Waals surface area contributed by atoms with Crippen molar-refractivity contribution in [1.82, 2.24) is 6.15 Å². The molecule has 0 rings (SSSR count). The Morgan fingerprint density at radius 3 is 1.50 bits per heavy atom. The fraction of sp³-hybridized carbons (Fsp3) is 1.00. The Kier molecular flexibility index (Phi) is 15.6. The van der Waals surface area contributed by atoms with Crippen LogP contribution in [0.4, 0.5) is 0 Å². The summed E-state index contributed by atoms with van der Waals surface area (Å²) < 4.78 is 0. The van der Waals surface area contributed by atoms with E-state index in [2.05, 4.69) is 20.8 Å². The van der Waals surface area contributed by atoms with E-state index in [9.17, 15) is 0 Å². The lowest BCUT2D eigenvalue weighted by Gasteiger charge is -2.19. The van der Waals surface area contributed by atoms with Crippen LogP contribution in [-0.4, -0.2) is 4.87 Å². The smallest absolute Gasteiger partial charge is 0.0416 e. The molecule has 0 aromatic carbocycles. The summed E-state index contributed by atoms with van der Waals surface area (Å²) in [7, 11) is 0. The van der Waals surface area contributed by atoms with Gasteiger partial charge in [0.25, 0.3) is 0 Å². The van der Waals surface area contributed by atoms with Gasteiger partial charge >= 0.3 is 0 Å². The van der Waals surface area contributed by atoms with Crippen molar-refractivity contribution >= 4 is 11.6 Å². The molecule has 0 radical (unpaired) electrons. The first-order valence-corrected chi connectivity index (χ1v) is 8.19. The standard InChI is InChI=1S/C16H33Cl.H3N/c1-4-6-7-8-9-10-11-12-13-14-15-16(3,17)5-2;/h4-15H2,1-3H3;1H3. The SMILES string of the molecule is CCCCCCCCCCCCC(C)(Cl)CC.N. The minimum absolute atomic E-state index is 0. The summed E-state index contributed by atoms with van der Waals surface area (Å²) in [6.45, 7) is 6.63. The lowest BCUT2D eigenvalue weighted by molar-refractivity contribution is 0.495. The van der Waals surface area contributed by atoms with E-state index in [1.807, 2.05) is 0 Å². The van der Waals surface area contributed by atoms with Gasteiger partial charge in [-0.2, -0.15) is 0 Å². The fourth-order valence-electron chi connectivity index (χ4n) is 2.16. The van der Waals surface area contributed by atoms with E-state index in [0.717, 1.165) is 6.42 Å². The first-order valence-electron chi connectivity index (χ1n) is 7.81. The summed E-state index contributed by atoms with van der Waals surface area (Å²) in [4.78, 5) is 0.0557. The van der Waals surface area contributed by atoms with Gasteiger partial charge in [-0.1, -0.05) is 78.1 Å². The van der Waals surface area contributed by atoms with Crippen LogP contribution in [0.3, 0.4) is 0 Å². The van der Waals surface area contributed by atoms with Gasteiger partial charge in [0, 0.05) is 4.87 Å². The molecule has 0 amide bonds. The van der Waals surface area contributed by atoms with Gasteiger partial charge in [-0.15, -0.1) is 11.6 Å². The number of hydrogen-bond donors (Lipinski definition) is 1. The number of unbranched alkanes of at least 4 members (excludes halogenated alkanes) is 9. The van der Waals surface area contributed by atoms with Crippen LogP contribution in [0.15, 0.2) is 0 Å². The van der Waals surface area contributed by atoms with E-state index < -0.39 is 0 Å². The molecule has 1 atom stereocenters. The van der Waals surface area contributed by atoms with Crippen molar-refractivity contribution in [1.29, 1.82) is 0 Å². The van der Waals surface area contributed by atoms with Crippen molar-refractivity contribution in [3.8, 4) is 0 Å². The number of halogens is 1. The molecular formula is C16H36ClN. The van der Waals surface area contributed by atoms with Crippen LogP contribution in [0.5, 0.6) is 0 Å². The number of rotatable bonds is 12. The molecule has 0 aliphatic carbocycles. The zero-order valence-corrected chi connectivity index (χ0v) is 13.8. The molecule has 3 N–H and O–H groups in total. The van der Waals surface area contributed by atoms with Gasteiger partial charge in [0.1, 0.15) is 0 Å².